The van der Waals surface area contributed by atoms with Crippen molar-refractivity contribution in [1.82, 2.24) is 4.90 Å². The van der Waals surface area contributed by atoms with Crippen molar-refractivity contribution in [2.45, 2.75) is 25.3 Å². The standard InChI is InChI=1S/C20H25FN2/c21-19-8-6-18(7-9-19)20(15-22)23-12-10-17(11-13-23)14-16-4-2-1-3-5-16/h1-9,17,20H,10-15,22H2/t20-/m1/s1. The first-order valence-corrected chi connectivity index (χ1v) is 8.50. The van der Waals surface area contributed by atoms with Crippen molar-refractivity contribution in [3.05, 3.63) is 71.5 Å². The minimum Gasteiger partial charge on any atom is -0.329 e. The van der Waals surface area contributed by atoms with Gasteiger partial charge >= 0.3 is 0 Å². The first-order chi connectivity index (χ1) is 11.3. The molecule has 0 aliphatic carbocycles. The second-order valence-corrected chi connectivity index (χ2v) is 6.47. The number of rotatable bonds is 5. The molecule has 2 N–H and O–H groups in total. The molecule has 1 aliphatic heterocycles. The molecule has 1 fully saturated rings. The summed E-state index contributed by atoms with van der Waals surface area (Å²) in [6.45, 7) is 2.71. The summed E-state index contributed by atoms with van der Waals surface area (Å²) in [5.74, 6) is 0.561. The van der Waals surface area contributed by atoms with Gasteiger partial charge in [-0.05, 0) is 61.5 Å². The monoisotopic (exact) mass is 312 g/mol. The second-order valence-electron chi connectivity index (χ2n) is 6.47. The number of hydrogen-bond donors (Lipinski definition) is 1. The van der Waals surface area contributed by atoms with Crippen molar-refractivity contribution in [1.29, 1.82) is 0 Å². The van der Waals surface area contributed by atoms with Gasteiger partial charge < -0.3 is 5.73 Å². The van der Waals surface area contributed by atoms with Gasteiger partial charge in [0.15, 0.2) is 0 Å². The Bertz CT molecular complexity index is 589. The lowest BCUT2D eigenvalue weighted by molar-refractivity contribution is 0.135. The van der Waals surface area contributed by atoms with E-state index in [1.54, 1.807) is 0 Å². The predicted octanol–water partition coefficient (Wildman–Crippen LogP) is 3.78. The Morgan fingerprint density at radius 1 is 1.00 bits per heavy atom. The molecular formula is C20H25FN2. The summed E-state index contributed by atoms with van der Waals surface area (Å²) in [5, 5.41) is 0. The maximum absolute atomic E-state index is 13.1. The molecule has 1 heterocycles. The van der Waals surface area contributed by atoms with Crippen LogP contribution in [0, 0.1) is 11.7 Å². The quantitative estimate of drug-likeness (QED) is 0.910. The molecule has 0 unspecified atom stereocenters. The summed E-state index contributed by atoms with van der Waals surface area (Å²) in [6, 6.07) is 17.7. The Morgan fingerprint density at radius 2 is 1.65 bits per heavy atom. The number of nitrogens with zero attached hydrogens (tertiary/aromatic N) is 1. The Labute approximate surface area is 138 Å². The number of piperidine rings is 1. The zero-order chi connectivity index (χ0) is 16.1. The van der Waals surface area contributed by atoms with Crippen LogP contribution in [-0.2, 0) is 6.42 Å². The molecule has 3 heteroatoms. The number of likely N-dealkylation sites (tertiary alicyclic amines) is 1. The van der Waals surface area contributed by atoms with E-state index < -0.39 is 0 Å². The first-order valence-electron chi connectivity index (χ1n) is 8.50. The molecule has 0 bridgehead atoms. The Kier molecular flexibility index (Phi) is 5.42. The highest BCUT2D eigenvalue weighted by Gasteiger charge is 2.25. The van der Waals surface area contributed by atoms with E-state index in [1.165, 1.54) is 37.0 Å². The Morgan fingerprint density at radius 3 is 2.26 bits per heavy atom. The molecule has 122 valence electrons. The van der Waals surface area contributed by atoms with Crippen LogP contribution >= 0.6 is 0 Å². The number of benzene rings is 2. The van der Waals surface area contributed by atoms with Crippen molar-refractivity contribution in [3.63, 3.8) is 0 Å². The molecule has 2 aromatic carbocycles. The van der Waals surface area contributed by atoms with Crippen LogP contribution < -0.4 is 5.73 Å². The zero-order valence-electron chi connectivity index (χ0n) is 13.5. The molecule has 0 saturated carbocycles. The Balaban J connectivity index is 1.58. The predicted molar refractivity (Wildman–Crippen MR) is 92.6 cm³/mol. The summed E-state index contributed by atoms with van der Waals surface area (Å²) in [7, 11) is 0. The van der Waals surface area contributed by atoms with E-state index in [4.69, 9.17) is 5.73 Å². The lowest BCUT2D eigenvalue weighted by Crippen LogP contribution is -2.40. The normalized spacial score (nSPS) is 18.0. The van der Waals surface area contributed by atoms with Gasteiger partial charge in [0, 0.05) is 12.6 Å². The van der Waals surface area contributed by atoms with E-state index in [-0.39, 0.29) is 11.9 Å². The third-order valence-electron chi connectivity index (χ3n) is 4.94. The molecule has 1 saturated heterocycles. The molecule has 0 spiro atoms. The van der Waals surface area contributed by atoms with Gasteiger partial charge in [-0.1, -0.05) is 42.5 Å². The zero-order valence-corrected chi connectivity index (χ0v) is 13.5. The van der Waals surface area contributed by atoms with Crippen molar-refractivity contribution in [3.8, 4) is 0 Å². The highest BCUT2D eigenvalue weighted by atomic mass is 19.1. The van der Waals surface area contributed by atoms with E-state index >= 15 is 0 Å². The summed E-state index contributed by atoms with van der Waals surface area (Å²) < 4.78 is 13.1. The van der Waals surface area contributed by atoms with Gasteiger partial charge in [0.25, 0.3) is 0 Å². The average Bonchev–Trinajstić information content (AvgIpc) is 2.60. The largest absolute Gasteiger partial charge is 0.329 e. The molecule has 2 aromatic rings. The fourth-order valence-corrected chi connectivity index (χ4v) is 3.60. The van der Waals surface area contributed by atoms with Crippen LogP contribution in [0.3, 0.4) is 0 Å². The molecule has 3 rings (SSSR count). The third-order valence-corrected chi connectivity index (χ3v) is 4.94. The molecule has 0 radical (unpaired) electrons. The van der Waals surface area contributed by atoms with Gasteiger partial charge in [-0.15, -0.1) is 0 Å². The van der Waals surface area contributed by atoms with E-state index in [2.05, 4.69) is 35.2 Å². The van der Waals surface area contributed by atoms with Gasteiger partial charge in [-0.25, -0.2) is 4.39 Å². The fourth-order valence-electron chi connectivity index (χ4n) is 3.60. The molecular weight excluding hydrogens is 287 g/mol. The maximum atomic E-state index is 13.1. The molecule has 1 atom stereocenters. The minimum atomic E-state index is -0.189. The third kappa shape index (κ3) is 4.18. The van der Waals surface area contributed by atoms with Gasteiger partial charge in [0.1, 0.15) is 5.82 Å². The van der Waals surface area contributed by atoms with Gasteiger partial charge in [0.2, 0.25) is 0 Å². The smallest absolute Gasteiger partial charge is 0.123 e. The van der Waals surface area contributed by atoms with Gasteiger partial charge in [0.05, 0.1) is 0 Å². The number of halogens is 1. The van der Waals surface area contributed by atoms with Crippen LogP contribution in [0.1, 0.15) is 30.0 Å². The Hall–Kier alpha value is -1.71. The summed E-state index contributed by atoms with van der Waals surface area (Å²) in [6.07, 6.45) is 3.57. The van der Waals surface area contributed by atoms with E-state index in [9.17, 15) is 4.39 Å². The molecule has 23 heavy (non-hydrogen) atoms. The van der Waals surface area contributed by atoms with Crippen molar-refractivity contribution in [2.24, 2.45) is 11.7 Å². The second kappa shape index (κ2) is 7.71. The van der Waals surface area contributed by atoms with Crippen LogP contribution in [0.5, 0.6) is 0 Å². The van der Waals surface area contributed by atoms with Crippen molar-refractivity contribution < 1.29 is 4.39 Å². The summed E-state index contributed by atoms with van der Waals surface area (Å²) >= 11 is 0. The lowest BCUT2D eigenvalue weighted by Gasteiger charge is -2.37. The van der Waals surface area contributed by atoms with E-state index in [1.807, 2.05) is 12.1 Å². The molecule has 0 aromatic heterocycles. The average molecular weight is 312 g/mol. The van der Waals surface area contributed by atoms with Crippen LogP contribution in [0.2, 0.25) is 0 Å². The highest BCUT2D eigenvalue weighted by Crippen LogP contribution is 2.28. The van der Waals surface area contributed by atoms with Crippen LogP contribution in [0.25, 0.3) is 0 Å². The summed E-state index contributed by atoms with van der Waals surface area (Å²) in [4.78, 5) is 2.45. The molecule has 2 nitrogen and oxygen atoms in total. The van der Waals surface area contributed by atoms with E-state index in [0.717, 1.165) is 24.6 Å². The van der Waals surface area contributed by atoms with Crippen LogP contribution in [0.15, 0.2) is 54.6 Å². The summed E-state index contributed by atoms with van der Waals surface area (Å²) in [5.41, 5.74) is 8.55. The highest BCUT2D eigenvalue weighted by molar-refractivity contribution is 5.21. The van der Waals surface area contributed by atoms with Crippen molar-refractivity contribution >= 4 is 0 Å². The number of nitrogens with two attached hydrogens (primary N) is 1. The number of hydrogen-bond acceptors (Lipinski definition) is 2. The SMILES string of the molecule is NC[C@H](c1ccc(F)cc1)N1CCC(Cc2ccccc2)CC1. The molecule has 1 aliphatic rings. The minimum absolute atomic E-state index is 0.189. The van der Waals surface area contributed by atoms with Gasteiger partial charge in [-0.3, -0.25) is 4.90 Å². The lowest BCUT2D eigenvalue weighted by atomic mass is 9.89. The fraction of sp³-hybridized carbons (Fsp3) is 0.400. The van der Waals surface area contributed by atoms with E-state index in [0.29, 0.717) is 6.54 Å². The van der Waals surface area contributed by atoms with Crippen molar-refractivity contribution in [2.75, 3.05) is 19.6 Å². The topological polar surface area (TPSA) is 29.3 Å². The molecule has 0 amide bonds. The maximum Gasteiger partial charge on any atom is 0.123 e. The van der Waals surface area contributed by atoms with Gasteiger partial charge in [-0.2, -0.15) is 0 Å². The van der Waals surface area contributed by atoms with Crippen LogP contribution in [0.4, 0.5) is 4.39 Å². The first kappa shape index (κ1) is 16.2. The van der Waals surface area contributed by atoms with Crippen LogP contribution in [-0.4, -0.2) is 24.5 Å².